The van der Waals surface area contributed by atoms with Gasteiger partial charge in [-0.3, -0.25) is 4.79 Å². The highest BCUT2D eigenvalue weighted by molar-refractivity contribution is 5.84. The van der Waals surface area contributed by atoms with Crippen LogP contribution in [0.4, 0.5) is 0 Å². The predicted octanol–water partition coefficient (Wildman–Crippen LogP) is 2.13. The molecular formula is C15H33N3O. The topological polar surface area (TPSA) is 58.4 Å². The lowest BCUT2D eigenvalue weighted by Crippen LogP contribution is -2.53. The Morgan fingerprint density at radius 2 is 1.79 bits per heavy atom. The number of primary amides is 1. The van der Waals surface area contributed by atoms with Gasteiger partial charge in [0.15, 0.2) is 0 Å². The number of hydrogen-bond donors (Lipinski definition) is 2. The number of nitrogens with zero attached hydrogens (tertiary/aromatic N) is 1. The molecule has 0 fully saturated rings. The van der Waals surface area contributed by atoms with Crippen LogP contribution in [0.15, 0.2) is 0 Å². The predicted molar refractivity (Wildman–Crippen MR) is 82.1 cm³/mol. The van der Waals surface area contributed by atoms with Gasteiger partial charge in [0.05, 0.1) is 5.54 Å². The number of rotatable bonds is 12. The summed E-state index contributed by atoms with van der Waals surface area (Å²) >= 11 is 0. The fraction of sp³-hybridized carbons (Fsp3) is 0.933. The summed E-state index contributed by atoms with van der Waals surface area (Å²) in [5, 5.41) is 3.21. The molecule has 19 heavy (non-hydrogen) atoms. The summed E-state index contributed by atoms with van der Waals surface area (Å²) < 4.78 is 0. The van der Waals surface area contributed by atoms with Gasteiger partial charge in [0.25, 0.3) is 0 Å². The van der Waals surface area contributed by atoms with Crippen molar-refractivity contribution in [2.24, 2.45) is 5.73 Å². The van der Waals surface area contributed by atoms with Crippen molar-refractivity contribution in [1.82, 2.24) is 10.2 Å². The van der Waals surface area contributed by atoms with Gasteiger partial charge in [-0.05, 0) is 58.8 Å². The number of carbonyl (C=O) groups excluding carboxylic acids is 1. The molecule has 0 heterocycles. The summed E-state index contributed by atoms with van der Waals surface area (Å²) in [5.41, 5.74) is 4.93. The Morgan fingerprint density at radius 1 is 1.16 bits per heavy atom. The zero-order valence-electron chi connectivity index (χ0n) is 13.3. The molecule has 0 saturated heterocycles. The lowest BCUT2D eigenvalue weighted by Gasteiger charge is -2.27. The first-order chi connectivity index (χ1) is 9.00. The third-order valence-corrected chi connectivity index (χ3v) is 3.79. The summed E-state index contributed by atoms with van der Waals surface area (Å²) in [7, 11) is 0. The van der Waals surface area contributed by atoms with Gasteiger partial charge in [0.2, 0.25) is 5.91 Å². The average Bonchev–Trinajstić information content (AvgIpc) is 2.38. The lowest BCUT2D eigenvalue weighted by molar-refractivity contribution is -0.124. The van der Waals surface area contributed by atoms with Gasteiger partial charge >= 0.3 is 0 Å². The first-order valence-electron chi connectivity index (χ1n) is 7.77. The minimum atomic E-state index is -0.546. The summed E-state index contributed by atoms with van der Waals surface area (Å²) in [5.74, 6) is -0.243. The highest BCUT2D eigenvalue weighted by Gasteiger charge is 2.28. The van der Waals surface area contributed by atoms with Crippen molar-refractivity contribution >= 4 is 5.91 Å². The van der Waals surface area contributed by atoms with Crippen molar-refractivity contribution < 1.29 is 4.79 Å². The molecule has 0 aliphatic rings. The number of hydrogen-bond acceptors (Lipinski definition) is 3. The van der Waals surface area contributed by atoms with Crippen molar-refractivity contribution in [3.8, 4) is 0 Å². The molecule has 0 rings (SSSR count). The number of likely N-dealkylation sites (N-methyl/N-ethyl adjacent to an activating group) is 1. The Hall–Kier alpha value is -0.610. The van der Waals surface area contributed by atoms with Crippen LogP contribution in [0, 0.1) is 0 Å². The second kappa shape index (κ2) is 10.2. The normalized spacial score (nSPS) is 14.6. The van der Waals surface area contributed by atoms with Gasteiger partial charge in [0, 0.05) is 0 Å². The molecule has 0 spiro atoms. The van der Waals surface area contributed by atoms with E-state index in [4.69, 9.17) is 5.73 Å². The maximum absolute atomic E-state index is 11.5. The number of nitrogens with one attached hydrogen (secondary N) is 1. The fourth-order valence-corrected chi connectivity index (χ4v) is 2.31. The van der Waals surface area contributed by atoms with E-state index in [0.717, 1.165) is 38.9 Å². The Balaban J connectivity index is 3.95. The third kappa shape index (κ3) is 7.53. The zero-order valence-corrected chi connectivity index (χ0v) is 13.3. The first kappa shape index (κ1) is 18.4. The first-order valence-corrected chi connectivity index (χ1v) is 7.77. The lowest BCUT2D eigenvalue weighted by atomic mass is 9.94. The SMILES string of the molecule is CCCCN(CC)CCCCC(C)(NCC)C(N)=O. The molecule has 0 bridgehead atoms. The van der Waals surface area contributed by atoms with Crippen LogP contribution in [0.5, 0.6) is 0 Å². The minimum Gasteiger partial charge on any atom is -0.368 e. The Morgan fingerprint density at radius 3 is 2.26 bits per heavy atom. The summed E-state index contributed by atoms with van der Waals surface area (Å²) in [4.78, 5) is 14.0. The van der Waals surface area contributed by atoms with E-state index in [-0.39, 0.29) is 5.91 Å². The largest absolute Gasteiger partial charge is 0.368 e. The maximum atomic E-state index is 11.5. The van der Waals surface area contributed by atoms with Crippen LogP contribution >= 0.6 is 0 Å². The monoisotopic (exact) mass is 271 g/mol. The summed E-state index contributed by atoms with van der Waals surface area (Å²) in [6, 6.07) is 0. The minimum absolute atomic E-state index is 0.243. The molecule has 1 unspecified atom stereocenters. The van der Waals surface area contributed by atoms with Crippen molar-refractivity contribution in [2.45, 2.75) is 65.3 Å². The second-order valence-electron chi connectivity index (χ2n) is 5.47. The molecule has 0 aromatic carbocycles. The molecule has 0 aliphatic carbocycles. The van der Waals surface area contributed by atoms with E-state index in [0.29, 0.717) is 0 Å². The van der Waals surface area contributed by atoms with E-state index >= 15 is 0 Å². The number of amides is 1. The average molecular weight is 271 g/mol. The van der Waals surface area contributed by atoms with E-state index in [1.54, 1.807) is 0 Å². The van der Waals surface area contributed by atoms with Gasteiger partial charge in [-0.25, -0.2) is 0 Å². The van der Waals surface area contributed by atoms with E-state index in [1.807, 2.05) is 13.8 Å². The molecule has 0 radical (unpaired) electrons. The fourth-order valence-electron chi connectivity index (χ4n) is 2.31. The van der Waals surface area contributed by atoms with E-state index in [1.165, 1.54) is 19.4 Å². The van der Waals surface area contributed by atoms with Crippen molar-refractivity contribution in [1.29, 1.82) is 0 Å². The highest BCUT2D eigenvalue weighted by Crippen LogP contribution is 2.14. The number of carbonyl (C=O) groups is 1. The van der Waals surface area contributed by atoms with E-state index in [2.05, 4.69) is 24.1 Å². The van der Waals surface area contributed by atoms with Crippen molar-refractivity contribution in [3.63, 3.8) is 0 Å². The third-order valence-electron chi connectivity index (χ3n) is 3.79. The van der Waals surface area contributed by atoms with Crippen LogP contribution < -0.4 is 11.1 Å². The van der Waals surface area contributed by atoms with E-state index in [9.17, 15) is 4.79 Å². The molecule has 0 aromatic heterocycles. The van der Waals surface area contributed by atoms with Crippen LogP contribution in [0.3, 0.4) is 0 Å². The quantitative estimate of drug-likeness (QED) is 0.535. The number of unbranched alkanes of at least 4 members (excludes halogenated alkanes) is 2. The van der Waals surface area contributed by atoms with Crippen LogP contribution in [0.25, 0.3) is 0 Å². The second-order valence-corrected chi connectivity index (χ2v) is 5.47. The molecular weight excluding hydrogens is 238 g/mol. The van der Waals surface area contributed by atoms with Gasteiger partial charge in [-0.2, -0.15) is 0 Å². The summed E-state index contributed by atoms with van der Waals surface area (Å²) in [6.07, 6.45) is 5.50. The van der Waals surface area contributed by atoms with Gasteiger partial charge < -0.3 is 16.0 Å². The Bertz CT molecular complexity index is 246. The van der Waals surface area contributed by atoms with Gasteiger partial charge in [0.1, 0.15) is 0 Å². The highest BCUT2D eigenvalue weighted by atomic mass is 16.1. The molecule has 0 saturated carbocycles. The molecule has 1 amide bonds. The van der Waals surface area contributed by atoms with Crippen LogP contribution in [-0.4, -0.2) is 42.5 Å². The number of nitrogens with two attached hydrogens (primary N) is 1. The zero-order chi connectivity index (χ0) is 14.7. The van der Waals surface area contributed by atoms with Crippen LogP contribution in [0.2, 0.25) is 0 Å². The smallest absolute Gasteiger partial charge is 0.237 e. The molecule has 4 nitrogen and oxygen atoms in total. The Labute approximate surface area is 119 Å². The van der Waals surface area contributed by atoms with Crippen LogP contribution in [-0.2, 0) is 4.79 Å². The van der Waals surface area contributed by atoms with Gasteiger partial charge in [-0.1, -0.05) is 27.2 Å². The molecule has 0 aromatic rings. The van der Waals surface area contributed by atoms with E-state index < -0.39 is 5.54 Å². The molecule has 1 atom stereocenters. The van der Waals surface area contributed by atoms with Crippen molar-refractivity contribution in [2.75, 3.05) is 26.2 Å². The molecule has 3 N–H and O–H groups in total. The standard InChI is InChI=1S/C15H33N3O/c1-5-8-12-18(7-3)13-10-9-11-15(4,14(16)19)17-6-2/h17H,5-13H2,1-4H3,(H2,16,19). The molecule has 0 aliphatic heterocycles. The van der Waals surface area contributed by atoms with Gasteiger partial charge in [-0.15, -0.1) is 0 Å². The van der Waals surface area contributed by atoms with Crippen molar-refractivity contribution in [3.05, 3.63) is 0 Å². The maximum Gasteiger partial charge on any atom is 0.237 e. The summed E-state index contributed by atoms with van der Waals surface area (Å²) in [6.45, 7) is 12.5. The Kier molecular flexibility index (Phi) is 9.88. The molecule has 114 valence electrons. The van der Waals surface area contributed by atoms with Crippen LogP contribution in [0.1, 0.15) is 59.8 Å². The molecule has 4 heteroatoms.